The minimum absolute atomic E-state index is 0.182. The van der Waals surface area contributed by atoms with Crippen LogP contribution in [0.25, 0.3) is 0 Å². The van der Waals surface area contributed by atoms with Gasteiger partial charge in [-0.3, -0.25) is 9.10 Å². The molecule has 0 radical (unpaired) electrons. The number of hydrogen-bond acceptors (Lipinski definition) is 3. The highest BCUT2D eigenvalue weighted by Crippen LogP contribution is 2.18. The molecule has 2 aromatic rings. The molecule has 1 amide bonds. The van der Waals surface area contributed by atoms with Crippen molar-refractivity contribution in [2.45, 2.75) is 20.3 Å². The predicted octanol–water partition coefficient (Wildman–Crippen LogP) is 2.75. The average Bonchev–Trinajstić information content (AvgIpc) is 2.58. The third-order valence-corrected chi connectivity index (χ3v) is 5.14. The van der Waals surface area contributed by atoms with E-state index in [1.54, 1.807) is 24.3 Å². The third kappa shape index (κ3) is 5.32. The van der Waals surface area contributed by atoms with E-state index in [4.69, 9.17) is 0 Å². The van der Waals surface area contributed by atoms with Gasteiger partial charge in [-0.05, 0) is 43.2 Å². The summed E-state index contributed by atoms with van der Waals surface area (Å²) in [4.78, 5) is 12.1. The molecule has 1 N–H and O–H groups in total. The van der Waals surface area contributed by atoms with Gasteiger partial charge in [0.25, 0.3) is 5.91 Å². The van der Waals surface area contributed by atoms with E-state index in [0.29, 0.717) is 11.3 Å². The summed E-state index contributed by atoms with van der Waals surface area (Å²) in [5.41, 5.74) is 3.38. The zero-order valence-corrected chi connectivity index (χ0v) is 15.6. The largest absolute Gasteiger partial charge is 0.350 e. The van der Waals surface area contributed by atoms with Gasteiger partial charge in [0.15, 0.2) is 0 Å². The van der Waals surface area contributed by atoms with E-state index in [-0.39, 0.29) is 19.0 Å². The van der Waals surface area contributed by atoms with Crippen LogP contribution in [-0.2, 0) is 16.4 Å². The maximum absolute atomic E-state index is 12.1. The van der Waals surface area contributed by atoms with Crippen molar-refractivity contribution in [2.24, 2.45) is 0 Å². The number of rotatable bonds is 7. The van der Waals surface area contributed by atoms with Crippen LogP contribution in [0.4, 0.5) is 5.69 Å². The van der Waals surface area contributed by atoms with Crippen molar-refractivity contribution in [3.8, 4) is 0 Å². The molecule has 5 nitrogen and oxygen atoms in total. The highest BCUT2D eigenvalue weighted by Gasteiger charge is 2.17. The van der Waals surface area contributed by atoms with Crippen LogP contribution in [0.5, 0.6) is 0 Å². The van der Waals surface area contributed by atoms with Crippen LogP contribution < -0.4 is 9.62 Å². The number of benzene rings is 2. The number of carbonyl (C=O) groups is 1. The van der Waals surface area contributed by atoms with Gasteiger partial charge in [0.1, 0.15) is 0 Å². The zero-order chi connectivity index (χ0) is 18.4. The van der Waals surface area contributed by atoms with Gasteiger partial charge in [-0.2, -0.15) is 0 Å². The van der Waals surface area contributed by atoms with Crippen molar-refractivity contribution in [3.63, 3.8) is 0 Å². The molecule has 0 spiro atoms. The summed E-state index contributed by atoms with van der Waals surface area (Å²) in [5.74, 6) is -0.213. The Balaban J connectivity index is 2.03. The average molecular weight is 360 g/mol. The molecule has 0 aliphatic rings. The number of nitrogens with one attached hydrogen (secondary N) is 1. The van der Waals surface area contributed by atoms with Gasteiger partial charge in [0, 0.05) is 12.1 Å². The lowest BCUT2D eigenvalue weighted by Gasteiger charge is -2.22. The Bertz CT molecular complexity index is 813. The second-order valence-electron chi connectivity index (χ2n) is 5.98. The van der Waals surface area contributed by atoms with Crippen LogP contribution in [0, 0.1) is 6.92 Å². The van der Waals surface area contributed by atoms with E-state index >= 15 is 0 Å². The number of carbonyl (C=O) groups excluding carboxylic acids is 1. The molecule has 0 atom stereocenters. The molecule has 0 aliphatic heterocycles. The van der Waals surface area contributed by atoms with Crippen molar-refractivity contribution >= 4 is 21.6 Å². The third-order valence-electron chi connectivity index (χ3n) is 3.95. The second-order valence-corrected chi connectivity index (χ2v) is 7.88. The second kappa shape index (κ2) is 8.16. The van der Waals surface area contributed by atoms with Crippen LogP contribution in [0.15, 0.2) is 48.5 Å². The topological polar surface area (TPSA) is 66.5 Å². The lowest BCUT2D eigenvalue weighted by atomic mass is 10.1. The molecule has 0 bridgehead atoms. The van der Waals surface area contributed by atoms with E-state index in [2.05, 4.69) is 5.32 Å². The van der Waals surface area contributed by atoms with Crippen LogP contribution in [0.3, 0.4) is 0 Å². The molecule has 0 unspecified atom stereocenters. The van der Waals surface area contributed by atoms with Crippen molar-refractivity contribution in [1.82, 2.24) is 5.32 Å². The summed E-state index contributed by atoms with van der Waals surface area (Å²) in [6.45, 7) is 4.41. The van der Waals surface area contributed by atoms with Gasteiger partial charge in [0.05, 0.1) is 18.5 Å². The van der Waals surface area contributed by atoms with Gasteiger partial charge >= 0.3 is 0 Å². The smallest absolute Gasteiger partial charge is 0.251 e. The number of anilines is 1. The Labute approximate surface area is 149 Å². The Kier molecular flexibility index (Phi) is 6.20. The Morgan fingerprint density at radius 3 is 2.16 bits per heavy atom. The van der Waals surface area contributed by atoms with Crippen molar-refractivity contribution in [1.29, 1.82) is 0 Å². The molecular formula is C19H24N2O3S. The Hall–Kier alpha value is -2.34. The number of amides is 1. The van der Waals surface area contributed by atoms with E-state index in [1.165, 1.54) is 10.6 Å². The Morgan fingerprint density at radius 1 is 1.04 bits per heavy atom. The zero-order valence-electron chi connectivity index (χ0n) is 14.8. The molecule has 2 rings (SSSR count). The fourth-order valence-corrected chi connectivity index (χ4v) is 3.39. The summed E-state index contributed by atoms with van der Waals surface area (Å²) in [5, 5.41) is 2.77. The van der Waals surface area contributed by atoms with E-state index in [0.717, 1.165) is 17.5 Å². The first-order valence-corrected chi connectivity index (χ1v) is 10.1. The molecule has 2 aromatic carbocycles. The summed E-state index contributed by atoms with van der Waals surface area (Å²) in [6, 6.07) is 14.7. The molecule has 134 valence electrons. The summed E-state index contributed by atoms with van der Waals surface area (Å²) in [6.07, 6.45) is 2.06. The quantitative estimate of drug-likeness (QED) is 0.826. The van der Waals surface area contributed by atoms with Crippen LogP contribution in [0.2, 0.25) is 0 Å². The first-order chi connectivity index (χ1) is 11.8. The number of nitrogens with zero attached hydrogens (tertiary/aromatic N) is 1. The molecule has 25 heavy (non-hydrogen) atoms. The minimum atomic E-state index is -3.42. The van der Waals surface area contributed by atoms with Crippen molar-refractivity contribution in [3.05, 3.63) is 65.2 Å². The lowest BCUT2D eigenvalue weighted by molar-refractivity contribution is 0.0955. The fourth-order valence-electron chi connectivity index (χ4n) is 2.46. The maximum Gasteiger partial charge on any atom is 0.251 e. The van der Waals surface area contributed by atoms with Gasteiger partial charge < -0.3 is 5.32 Å². The first kappa shape index (κ1) is 19.0. The highest BCUT2D eigenvalue weighted by molar-refractivity contribution is 7.92. The molecule has 0 saturated carbocycles. The van der Waals surface area contributed by atoms with E-state index in [9.17, 15) is 13.2 Å². The SMILES string of the molecule is CCc1ccc(N(CCNC(=O)c2ccc(C)cc2)S(C)(=O)=O)cc1. The summed E-state index contributed by atoms with van der Waals surface area (Å²) >= 11 is 0. The summed E-state index contributed by atoms with van der Waals surface area (Å²) in [7, 11) is -3.42. The molecule has 0 fully saturated rings. The maximum atomic E-state index is 12.1. The van der Waals surface area contributed by atoms with E-state index in [1.807, 2.05) is 38.1 Å². The molecule has 6 heteroatoms. The van der Waals surface area contributed by atoms with E-state index < -0.39 is 10.0 Å². The van der Waals surface area contributed by atoms with Gasteiger partial charge in [0.2, 0.25) is 10.0 Å². The minimum Gasteiger partial charge on any atom is -0.350 e. The Morgan fingerprint density at radius 2 is 1.64 bits per heavy atom. The predicted molar refractivity (Wildman–Crippen MR) is 102 cm³/mol. The standard InChI is InChI=1S/C19H24N2O3S/c1-4-16-7-11-18(12-8-16)21(25(3,23)24)14-13-20-19(22)17-9-5-15(2)6-10-17/h5-12H,4,13-14H2,1-3H3,(H,20,22). The number of hydrogen-bond donors (Lipinski definition) is 1. The molecule has 0 heterocycles. The normalized spacial score (nSPS) is 11.2. The van der Waals surface area contributed by atoms with Crippen LogP contribution >= 0.6 is 0 Å². The van der Waals surface area contributed by atoms with Crippen LogP contribution in [-0.4, -0.2) is 33.7 Å². The molecule has 0 aliphatic carbocycles. The van der Waals surface area contributed by atoms with Crippen molar-refractivity contribution in [2.75, 3.05) is 23.7 Å². The summed E-state index contributed by atoms with van der Waals surface area (Å²) < 4.78 is 25.5. The fraction of sp³-hybridized carbons (Fsp3) is 0.316. The number of aryl methyl sites for hydroxylation is 2. The van der Waals surface area contributed by atoms with Crippen LogP contribution in [0.1, 0.15) is 28.4 Å². The van der Waals surface area contributed by atoms with Gasteiger partial charge in [-0.15, -0.1) is 0 Å². The van der Waals surface area contributed by atoms with Gasteiger partial charge in [-0.1, -0.05) is 36.8 Å². The molecule has 0 aromatic heterocycles. The van der Waals surface area contributed by atoms with Crippen molar-refractivity contribution < 1.29 is 13.2 Å². The monoisotopic (exact) mass is 360 g/mol. The number of sulfonamides is 1. The lowest BCUT2D eigenvalue weighted by Crippen LogP contribution is -2.38. The molecular weight excluding hydrogens is 336 g/mol. The van der Waals surface area contributed by atoms with Gasteiger partial charge in [-0.25, -0.2) is 8.42 Å². The first-order valence-electron chi connectivity index (χ1n) is 8.23. The molecule has 0 saturated heterocycles. The highest BCUT2D eigenvalue weighted by atomic mass is 32.2.